The first-order chi connectivity index (χ1) is 23.1. The van der Waals surface area contributed by atoms with E-state index in [-0.39, 0.29) is 28.1 Å². The molecule has 0 aliphatic carbocycles. The summed E-state index contributed by atoms with van der Waals surface area (Å²) in [5.74, 6) is 0. The minimum atomic E-state index is -0.917. The number of nitrogens with one attached hydrogen (secondary N) is 1. The number of aromatic nitrogens is 4. The van der Waals surface area contributed by atoms with Gasteiger partial charge in [-0.15, -0.1) is 0 Å². The van der Waals surface area contributed by atoms with Crippen molar-refractivity contribution in [1.29, 1.82) is 0 Å². The van der Waals surface area contributed by atoms with Gasteiger partial charge in [-0.05, 0) is 43.7 Å². The number of rotatable bonds is 9. The third kappa shape index (κ3) is 9.63. The summed E-state index contributed by atoms with van der Waals surface area (Å²) >= 11 is 5.60. The van der Waals surface area contributed by atoms with E-state index in [2.05, 4.69) is 77.5 Å². The molecule has 5 rings (SSSR count). The lowest BCUT2D eigenvalue weighted by Gasteiger charge is -2.20. The standard InChI is InChI=1S/C17H21NO.C7H7ClN4O2.C7H5N3O6/c1-18(2)13-14-19-17(15-9-5-3-6-10-15)16-11-7-4-8-12-16;1-11-4-3(9-6(8)10-4)5(13)12(2)7(11)14;1-4-6(9(13)14)2-5(8(11)12)3-7(4)10(15)16/h3-12,17H,13-14H2,1-2H3;1-2H3,(H,9,10);2-3H,1H3. The number of aromatic amines is 1. The van der Waals surface area contributed by atoms with Gasteiger partial charge in [0.05, 0.1) is 33.5 Å². The molecule has 0 bridgehead atoms. The molecule has 17 nitrogen and oxygen atoms in total. The number of fused-ring (bicyclic) bond motifs is 1. The molecule has 0 atom stereocenters. The molecule has 49 heavy (non-hydrogen) atoms. The molecule has 0 saturated carbocycles. The number of likely N-dealkylation sites (N-methyl/N-ethyl adjacent to an activating group) is 1. The van der Waals surface area contributed by atoms with Gasteiger partial charge >= 0.3 is 5.69 Å². The molecule has 0 aliphatic rings. The number of aryl methyl sites for hydroxylation is 1. The predicted octanol–water partition coefficient (Wildman–Crippen LogP) is 4.69. The van der Waals surface area contributed by atoms with Crippen LogP contribution < -0.4 is 11.2 Å². The Morgan fingerprint density at radius 2 is 1.35 bits per heavy atom. The van der Waals surface area contributed by atoms with Gasteiger partial charge in [0.1, 0.15) is 11.7 Å². The highest BCUT2D eigenvalue weighted by molar-refractivity contribution is 6.28. The van der Waals surface area contributed by atoms with E-state index in [1.165, 1.54) is 36.7 Å². The smallest absolute Gasteiger partial charge is 0.332 e. The van der Waals surface area contributed by atoms with E-state index in [1.807, 2.05) is 12.1 Å². The maximum absolute atomic E-state index is 11.5. The molecule has 5 aromatic rings. The second-order valence-electron chi connectivity index (χ2n) is 10.7. The first kappa shape index (κ1) is 37.7. The zero-order valence-electron chi connectivity index (χ0n) is 27.1. The Bertz CT molecular complexity index is 1990. The molecule has 0 aliphatic heterocycles. The van der Waals surface area contributed by atoms with Crippen LogP contribution in [0.4, 0.5) is 17.1 Å². The van der Waals surface area contributed by atoms with Crippen molar-refractivity contribution in [2.45, 2.75) is 13.0 Å². The monoisotopic (exact) mass is 696 g/mol. The Kier molecular flexibility index (Phi) is 13.0. The summed E-state index contributed by atoms with van der Waals surface area (Å²) in [6, 6.07) is 22.2. The van der Waals surface area contributed by atoms with Crippen molar-refractivity contribution in [3.63, 3.8) is 0 Å². The lowest BCUT2D eigenvalue weighted by molar-refractivity contribution is -0.403. The third-order valence-electron chi connectivity index (χ3n) is 7.04. The molecule has 2 heterocycles. The molecular weight excluding hydrogens is 664 g/mol. The van der Waals surface area contributed by atoms with Crippen molar-refractivity contribution >= 4 is 39.8 Å². The topological polar surface area (TPSA) is 215 Å². The third-order valence-corrected chi connectivity index (χ3v) is 7.21. The number of nitrogens with zero attached hydrogens (tertiary/aromatic N) is 7. The van der Waals surface area contributed by atoms with Gasteiger partial charge < -0.3 is 14.6 Å². The fraction of sp³-hybridized carbons (Fsp3) is 0.258. The van der Waals surface area contributed by atoms with Gasteiger partial charge in [0, 0.05) is 20.6 Å². The summed E-state index contributed by atoms with van der Waals surface area (Å²) in [5.41, 5.74) is -0.109. The molecule has 1 N–H and O–H groups in total. The van der Waals surface area contributed by atoms with Gasteiger partial charge in [0.15, 0.2) is 11.2 Å². The average Bonchev–Trinajstić information content (AvgIpc) is 3.47. The number of benzene rings is 3. The molecule has 0 radical (unpaired) electrons. The second-order valence-corrected chi connectivity index (χ2v) is 11.0. The molecule has 0 spiro atoms. The summed E-state index contributed by atoms with van der Waals surface area (Å²) in [6.07, 6.45) is 0.0161. The van der Waals surface area contributed by atoms with E-state index in [0.717, 1.165) is 17.7 Å². The van der Waals surface area contributed by atoms with Crippen molar-refractivity contribution in [2.24, 2.45) is 14.1 Å². The maximum Gasteiger partial charge on any atom is 0.332 e. The van der Waals surface area contributed by atoms with Gasteiger partial charge in [-0.2, -0.15) is 4.98 Å². The summed E-state index contributed by atoms with van der Waals surface area (Å²) in [6.45, 7) is 2.82. The quantitative estimate of drug-likeness (QED) is 0.127. The van der Waals surface area contributed by atoms with Crippen LogP contribution in [-0.2, 0) is 18.8 Å². The van der Waals surface area contributed by atoms with E-state index < -0.39 is 43.1 Å². The molecule has 0 amide bonds. The first-order valence-electron chi connectivity index (χ1n) is 14.4. The van der Waals surface area contributed by atoms with Crippen LogP contribution in [0.2, 0.25) is 5.28 Å². The molecule has 258 valence electrons. The number of nitro benzene ring substituents is 3. The Morgan fingerprint density at radius 3 is 1.78 bits per heavy atom. The summed E-state index contributed by atoms with van der Waals surface area (Å²) in [5, 5.41) is 31.6. The van der Waals surface area contributed by atoms with Gasteiger partial charge in [0.2, 0.25) is 5.28 Å². The summed E-state index contributed by atoms with van der Waals surface area (Å²) < 4.78 is 8.34. The molecule has 0 saturated heterocycles. The van der Waals surface area contributed by atoms with E-state index in [9.17, 15) is 39.9 Å². The van der Waals surface area contributed by atoms with E-state index in [0.29, 0.717) is 12.1 Å². The predicted molar refractivity (Wildman–Crippen MR) is 182 cm³/mol. The fourth-order valence-corrected chi connectivity index (χ4v) is 4.62. The molecule has 0 fully saturated rings. The number of hydrogen-bond acceptors (Lipinski definition) is 11. The number of nitro groups is 3. The van der Waals surface area contributed by atoms with E-state index in [1.54, 1.807) is 0 Å². The van der Waals surface area contributed by atoms with Crippen molar-refractivity contribution in [3.8, 4) is 0 Å². The fourth-order valence-electron chi connectivity index (χ4n) is 4.45. The highest BCUT2D eigenvalue weighted by atomic mass is 35.5. The van der Waals surface area contributed by atoms with Crippen LogP contribution >= 0.6 is 11.6 Å². The SMILES string of the molecule is CN(C)CCOC(c1ccccc1)c1ccccc1.Cc1c([N+](=O)[O-])cc([N+](=O)[O-])cc1[N+](=O)[O-].Cn1c(=O)c2[nH]c(Cl)nc2n(C)c1=O. The minimum absolute atomic E-state index is 0.0161. The van der Waals surface area contributed by atoms with Crippen LogP contribution in [0.5, 0.6) is 0 Å². The lowest BCUT2D eigenvalue weighted by Crippen LogP contribution is -2.36. The van der Waals surface area contributed by atoms with Gasteiger partial charge in [-0.3, -0.25) is 44.3 Å². The van der Waals surface area contributed by atoms with Crippen LogP contribution in [-0.4, -0.2) is 66.0 Å². The molecule has 3 aromatic carbocycles. The number of H-pyrrole nitrogens is 1. The number of hydrogen-bond donors (Lipinski definition) is 1. The van der Waals surface area contributed by atoms with Crippen LogP contribution in [0.25, 0.3) is 11.2 Å². The average molecular weight is 697 g/mol. The van der Waals surface area contributed by atoms with Crippen LogP contribution in [0.1, 0.15) is 22.8 Å². The Hall–Kier alpha value is -5.78. The van der Waals surface area contributed by atoms with Crippen LogP contribution in [0.3, 0.4) is 0 Å². The molecule has 0 unspecified atom stereocenters. The normalized spacial score (nSPS) is 10.7. The number of imidazole rings is 1. The van der Waals surface area contributed by atoms with E-state index in [4.69, 9.17) is 16.3 Å². The summed E-state index contributed by atoms with van der Waals surface area (Å²) in [7, 11) is 7.05. The highest BCUT2D eigenvalue weighted by Gasteiger charge is 2.27. The van der Waals surface area contributed by atoms with Crippen molar-refractivity contribution in [2.75, 3.05) is 27.2 Å². The van der Waals surface area contributed by atoms with Gasteiger partial charge in [-0.1, -0.05) is 60.7 Å². The maximum atomic E-state index is 11.5. The number of non-ortho nitro benzene ring substituents is 1. The number of ether oxygens (including phenoxy) is 1. The first-order valence-corrected chi connectivity index (χ1v) is 14.8. The van der Waals surface area contributed by atoms with Gasteiger partial charge in [0.25, 0.3) is 22.6 Å². The minimum Gasteiger partial charge on any atom is -0.367 e. The second kappa shape index (κ2) is 16.9. The largest absolute Gasteiger partial charge is 0.367 e. The Labute approximate surface area is 283 Å². The Morgan fingerprint density at radius 1 is 0.857 bits per heavy atom. The van der Waals surface area contributed by atoms with E-state index >= 15 is 0 Å². The van der Waals surface area contributed by atoms with Crippen molar-refractivity contribution < 1.29 is 19.5 Å². The lowest BCUT2D eigenvalue weighted by atomic mass is 10.0. The van der Waals surface area contributed by atoms with Crippen molar-refractivity contribution in [3.05, 3.63) is 146 Å². The van der Waals surface area contributed by atoms with Crippen LogP contribution in [0.15, 0.2) is 82.4 Å². The van der Waals surface area contributed by atoms with Gasteiger partial charge in [-0.25, -0.2) is 4.79 Å². The van der Waals surface area contributed by atoms with Crippen molar-refractivity contribution in [1.82, 2.24) is 24.0 Å². The highest BCUT2D eigenvalue weighted by Crippen LogP contribution is 2.32. The summed E-state index contributed by atoms with van der Waals surface area (Å²) in [4.78, 5) is 60.3. The number of halogens is 1. The van der Waals surface area contributed by atoms with Crippen LogP contribution in [0, 0.1) is 37.3 Å². The molecule has 2 aromatic heterocycles. The molecule has 18 heteroatoms. The molecular formula is C31H33ClN8O9. The Balaban J connectivity index is 0.000000201. The zero-order valence-corrected chi connectivity index (χ0v) is 27.9. The zero-order chi connectivity index (χ0) is 36.4.